The van der Waals surface area contributed by atoms with Gasteiger partial charge in [-0.25, -0.2) is 4.68 Å². The van der Waals surface area contributed by atoms with E-state index in [-0.39, 0.29) is 0 Å². The molecule has 0 aliphatic heterocycles. The predicted molar refractivity (Wildman–Crippen MR) is 48.5 cm³/mol. The smallest absolute Gasteiger partial charge is 0.215 e. The number of hydrogen-bond donors (Lipinski definition) is 0. The fourth-order valence-electron chi connectivity index (χ4n) is 1.41. The van der Waals surface area contributed by atoms with Gasteiger partial charge >= 0.3 is 0 Å². The highest BCUT2D eigenvalue weighted by atomic mass is 16.5. The third-order valence-corrected chi connectivity index (χ3v) is 1.92. The molecule has 68 valence electrons. The van der Waals surface area contributed by atoms with Crippen molar-refractivity contribution in [1.29, 1.82) is 0 Å². The predicted octanol–water partition coefficient (Wildman–Crippen LogP) is 1.69. The van der Waals surface area contributed by atoms with Crippen molar-refractivity contribution < 1.29 is 4.74 Å². The lowest BCUT2D eigenvalue weighted by atomic mass is 10.2. The van der Waals surface area contributed by atoms with Crippen LogP contribution in [0.1, 0.15) is 25.1 Å². The van der Waals surface area contributed by atoms with Gasteiger partial charge in [-0.1, -0.05) is 6.92 Å². The van der Waals surface area contributed by atoms with Crippen LogP contribution in [-0.2, 0) is 13.5 Å². The van der Waals surface area contributed by atoms with Gasteiger partial charge < -0.3 is 4.74 Å². The van der Waals surface area contributed by atoms with Gasteiger partial charge in [-0.15, -0.1) is 0 Å². The van der Waals surface area contributed by atoms with Gasteiger partial charge in [0.15, 0.2) is 0 Å². The van der Waals surface area contributed by atoms with E-state index in [4.69, 9.17) is 4.74 Å². The van der Waals surface area contributed by atoms with Gasteiger partial charge in [0, 0.05) is 12.6 Å². The fourth-order valence-corrected chi connectivity index (χ4v) is 1.41. The average Bonchev–Trinajstić information content (AvgIpc) is 2.28. The monoisotopic (exact) mass is 168 g/mol. The van der Waals surface area contributed by atoms with Gasteiger partial charge in [0.2, 0.25) is 5.88 Å². The summed E-state index contributed by atoms with van der Waals surface area (Å²) in [6.07, 6.45) is 0.981. The van der Waals surface area contributed by atoms with Gasteiger partial charge in [0.1, 0.15) is 0 Å². The average molecular weight is 168 g/mol. The maximum absolute atomic E-state index is 5.48. The van der Waals surface area contributed by atoms with Crippen molar-refractivity contribution in [3.8, 4) is 5.88 Å². The van der Waals surface area contributed by atoms with Crippen LogP contribution < -0.4 is 4.74 Å². The first kappa shape index (κ1) is 9.10. The molecule has 0 spiro atoms. The van der Waals surface area contributed by atoms with E-state index in [0.717, 1.165) is 18.0 Å². The van der Waals surface area contributed by atoms with Gasteiger partial charge in [-0.3, -0.25) is 0 Å². The summed E-state index contributed by atoms with van der Waals surface area (Å²) >= 11 is 0. The van der Waals surface area contributed by atoms with E-state index in [1.165, 1.54) is 5.56 Å². The van der Waals surface area contributed by atoms with Crippen molar-refractivity contribution in [2.45, 2.75) is 27.2 Å². The summed E-state index contributed by atoms with van der Waals surface area (Å²) in [6, 6.07) is 0. The molecule has 0 aromatic carbocycles. The second-order valence-electron chi connectivity index (χ2n) is 2.78. The summed E-state index contributed by atoms with van der Waals surface area (Å²) in [5.74, 6) is 0.914. The molecule has 12 heavy (non-hydrogen) atoms. The van der Waals surface area contributed by atoms with Crippen LogP contribution in [0.5, 0.6) is 5.88 Å². The minimum absolute atomic E-state index is 0.700. The summed E-state index contributed by atoms with van der Waals surface area (Å²) in [7, 11) is 1.91. The van der Waals surface area contributed by atoms with Crippen LogP contribution in [0.15, 0.2) is 0 Å². The number of nitrogens with zero attached hydrogens (tertiary/aromatic N) is 2. The molecular formula is C9H16N2O. The van der Waals surface area contributed by atoms with Gasteiger partial charge in [-0.2, -0.15) is 5.10 Å². The molecule has 0 unspecified atom stereocenters. The Morgan fingerprint density at radius 2 is 2.08 bits per heavy atom. The minimum atomic E-state index is 0.700. The van der Waals surface area contributed by atoms with Crippen molar-refractivity contribution in [2.75, 3.05) is 6.61 Å². The molecule has 0 bridgehead atoms. The van der Waals surface area contributed by atoms with E-state index in [2.05, 4.69) is 12.0 Å². The molecule has 0 saturated heterocycles. The summed E-state index contributed by atoms with van der Waals surface area (Å²) < 4.78 is 7.28. The first-order valence-corrected chi connectivity index (χ1v) is 4.35. The normalized spacial score (nSPS) is 10.3. The number of aromatic nitrogens is 2. The standard InChI is InChI=1S/C9H16N2O/c1-5-8-7(3)10-11(4)9(8)12-6-2/h5-6H2,1-4H3. The fraction of sp³-hybridized carbons (Fsp3) is 0.667. The molecule has 0 aliphatic rings. The molecule has 0 atom stereocenters. The van der Waals surface area contributed by atoms with E-state index in [0.29, 0.717) is 6.61 Å². The summed E-state index contributed by atoms with van der Waals surface area (Å²) in [6.45, 7) is 6.82. The minimum Gasteiger partial charge on any atom is -0.478 e. The van der Waals surface area contributed by atoms with Crippen LogP contribution in [0.25, 0.3) is 0 Å². The Hall–Kier alpha value is -0.990. The molecule has 3 nitrogen and oxygen atoms in total. The molecule has 1 aromatic heterocycles. The molecule has 0 radical (unpaired) electrons. The van der Waals surface area contributed by atoms with Crippen molar-refractivity contribution in [3.05, 3.63) is 11.3 Å². The largest absolute Gasteiger partial charge is 0.478 e. The van der Waals surface area contributed by atoms with E-state index in [1.807, 2.05) is 20.9 Å². The second-order valence-corrected chi connectivity index (χ2v) is 2.78. The Morgan fingerprint density at radius 3 is 2.58 bits per heavy atom. The number of rotatable bonds is 3. The van der Waals surface area contributed by atoms with Crippen molar-refractivity contribution >= 4 is 0 Å². The third-order valence-electron chi connectivity index (χ3n) is 1.92. The van der Waals surface area contributed by atoms with Crippen LogP contribution in [-0.4, -0.2) is 16.4 Å². The lowest BCUT2D eigenvalue weighted by Crippen LogP contribution is -2.00. The van der Waals surface area contributed by atoms with E-state index in [9.17, 15) is 0 Å². The van der Waals surface area contributed by atoms with Crippen LogP contribution >= 0.6 is 0 Å². The van der Waals surface area contributed by atoms with Crippen LogP contribution in [0.4, 0.5) is 0 Å². The number of ether oxygens (including phenoxy) is 1. The lowest BCUT2D eigenvalue weighted by molar-refractivity contribution is 0.306. The molecule has 0 amide bonds. The Labute approximate surface area is 73.3 Å². The topological polar surface area (TPSA) is 27.1 Å². The molecule has 0 fully saturated rings. The molecule has 1 rings (SSSR count). The van der Waals surface area contributed by atoms with Crippen LogP contribution in [0, 0.1) is 6.92 Å². The highest BCUT2D eigenvalue weighted by molar-refractivity contribution is 5.30. The summed E-state index contributed by atoms with van der Waals surface area (Å²) in [4.78, 5) is 0. The zero-order valence-electron chi connectivity index (χ0n) is 8.22. The maximum Gasteiger partial charge on any atom is 0.215 e. The molecular weight excluding hydrogens is 152 g/mol. The van der Waals surface area contributed by atoms with Crippen LogP contribution in [0.2, 0.25) is 0 Å². The quantitative estimate of drug-likeness (QED) is 0.686. The number of aryl methyl sites for hydroxylation is 2. The first-order valence-electron chi connectivity index (χ1n) is 4.35. The van der Waals surface area contributed by atoms with Gasteiger partial charge in [0.05, 0.1) is 12.3 Å². The Kier molecular flexibility index (Phi) is 2.74. The van der Waals surface area contributed by atoms with Crippen molar-refractivity contribution in [1.82, 2.24) is 9.78 Å². The zero-order valence-corrected chi connectivity index (χ0v) is 8.22. The van der Waals surface area contributed by atoms with E-state index in [1.54, 1.807) is 4.68 Å². The van der Waals surface area contributed by atoms with Gasteiger partial charge in [0.25, 0.3) is 0 Å². The molecule has 3 heteroatoms. The first-order chi connectivity index (χ1) is 5.70. The molecule has 1 heterocycles. The molecule has 1 aromatic rings. The van der Waals surface area contributed by atoms with E-state index >= 15 is 0 Å². The molecule has 0 N–H and O–H groups in total. The Balaban J connectivity index is 3.04. The zero-order chi connectivity index (χ0) is 9.14. The lowest BCUT2D eigenvalue weighted by Gasteiger charge is -2.04. The molecule has 0 aliphatic carbocycles. The van der Waals surface area contributed by atoms with Crippen molar-refractivity contribution in [2.24, 2.45) is 7.05 Å². The Morgan fingerprint density at radius 1 is 1.42 bits per heavy atom. The Bertz CT molecular complexity index is 266. The number of hydrogen-bond acceptors (Lipinski definition) is 2. The van der Waals surface area contributed by atoms with Crippen molar-refractivity contribution in [3.63, 3.8) is 0 Å². The summed E-state index contributed by atoms with van der Waals surface area (Å²) in [5.41, 5.74) is 2.29. The van der Waals surface area contributed by atoms with Crippen LogP contribution in [0.3, 0.4) is 0 Å². The second kappa shape index (κ2) is 3.61. The summed E-state index contributed by atoms with van der Waals surface area (Å²) in [5, 5.41) is 4.29. The van der Waals surface area contributed by atoms with Gasteiger partial charge in [-0.05, 0) is 20.3 Å². The maximum atomic E-state index is 5.48. The third kappa shape index (κ3) is 1.44. The molecule has 0 saturated carbocycles. The van der Waals surface area contributed by atoms with E-state index < -0.39 is 0 Å². The SMILES string of the molecule is CCOc1c(CC)c(C)nn1C. The highest BCUT2D eigenvalue weighted by Gasteiger charge is 2.11. The highest BCUT2D eigenvalue weighted by Crippen LogP contribution is 2.21.